The second-order valence-electron chi connectivity index (χ2n) is 6.36. The maximum absolute atomic E-state index is 12.6. The van der Waals surface area contributed by atoms with E-state index in [4.69, 9.17) is 4.74 Å². The highest BCUT2D eigenvalue weighted by atomic mass is 32.1. The summed E-state index contributed by atoms with van der Waals surface area (Å²) >= 11 is 1.14. The number of rotatable bonds is 4. The third-order valence-corrected chi connectivity index (χ3v) is 6.22. The lowest BCUT2D eigenvalue weighted by Crippen LogP contribution is -2.27. The van der Waals surface area contributed by atoms with Crippen LogP contribution in [-0.2, 0) is 9.53 Å². The molecule has 5 nitrogen and oxygen atoms in total. The molecule has 2 fully saturated rings. The first-order chi connectivity index (χ1) is 11.0. The Kier molecular flexibility index (Phi) is 4.40. The minimum Gasteiger partial charge on any atom is -0.462 e. The molecule has 1 N–H and O–H groups in total. The number of anilines is 1. The summed E-state index contributed by atoms with van der Waals surface area (Å²) in [5, 5.41) is 12.7. The molecule has 122 valence electrons. The van der Waals surface area contributed by atoms with Gasteiger partial charge in [0.05, 0.1) is 12.2 Å². The standard InChI is InChI=1S/C17H20N2O3S/c1-3-22-17(21)14-9(2)13(8-18)16(23-14)19-15(20)12-7-10-4-5-11(12)6-10/h10-12H,3-7H2,1-2H3,(H,19,20). The Morgan fingerprint density at radius 1 is 1.39 bits per heavy atom. The zero-order valence-corrected chi connectivity index (χ0v) is 14.2. The van der Waals surface area contributed by atoms with Crippen LogP contribution >= 0.6 is 11.3 Å². The summed E-state index contributed by atoms with van der Waals surface area (Å²) in [6, 6.07) is 2.10. The summed E-state index contributed by atoms with van der Waals surface area (Å²) < 4.78 is 5.02. The molecule has 1 aromatic heterocycles. The van der Waals surface area contributed by atoms with E-state index in [1.807, 2.05) is 0 Å². The second kappa shape index (κ2) is 6.32. The van der Waals surface area contributed by atoms with Gasteiger partial charge in [-0.3, -0.25) is 4.79 Å². The number of hydrogen-bond donors (Lipinski definition) is 1. The smallest absolute Gasteiger partial charge is 0.348 e. The Bertz CT molecular complexity index is 689. The molecule has 1 aromatic rings. The number of amides is 1. The molecule has 0 spiro atoms. The third kappa shape index (κ3) is 2.86. The van der Waals surface area contributed by atoms with Gasteiger partial charge in [-0.05, 0) is 50.5 Å². The molecule has 1 heterocycles. The van der Waals surface area contributed by atoms with Gasteiger partial charge in [0, 0.05) is 5.92 Å². The molecule has 3 rings (SSSR count). The molecule has 3 unspecified atom stereocenters. The molecule has 0 saturated heterocycles. The second-order valence-corrected chi connectivity index (χ2v) is 7.38. The lowest BCUT2D eigenvalue weighted by molar-refractivity contribution is -0.121. The molecule has 0 aliphatic heterocycles. The van der Waals surface area contributed by atoms with Crippen LogP contribution in [0.3, 0.4) is 0 Å². The van der Waals surface area contributed by atoms with E-state index >= 15 is 0 Å². The molecular weight excluding hydrogens is 312 g/mol. The molecule has 2 bridgehead atoms. The average molecular weight is 332 g/mol. The third-order valence-electron chi connectivity index (χ3n) is 5.03. The first kappa shape index (κ1) is 16.0. The fourth-order valence-corrected chi connectivity index (χ4v) is 4.95. The highest BCUT2D eigenvalue weighted by Gasteiger charge is 2.43. The highest BCUT2D eigenvalue weighted by molar-refractivity contribution is 7.18. The van der Waals surface area contributed by atoms with Crippen LogP contribution in [0.5, 0.6) is 0 Å². The van der Waals surface area contributed by atoms with Gasteiger partial charge in [0.2, 0.25) is 5.91 Å². The number of fused-ring (bicyclic) bond motifs is 2. The summed E-state index contributed by atoms with van der Waals surface area (Å²) in [4.78, 5) is 24.9. The number of nitrogens with zero attached hydrogens (tertiary/aromatic N) is 1. The van der Waals surface area contributed by atoms with Gasteiger partial charge >= 0.3 is 5.97 Å². The van der Waals surface area contributed by atoms with Gasteiger partial charge in [0.15, 0.2) is 0 Å². The van der Waals surface area contributed by atoms with Gasteiger partial charge in [-0.1, -0.05) is 6.42 Å². The van der Waals surface area contributed by atoms with E-state index in [0.717, 1.165) is 30.6 Å². The summed E-state index contributed by atoms with van der Waals surface area (Å²) in [5.41, 5.74) is 0.953. The number of hydrogen-bond acceptors (Lipinski definition) is 5. The van der Waals surface area contributed by atoms with Gasteiger partial charge in [-0.2, -0.15) is 5.26 Å². The fraction of sp³-hybridized carbons (Fsp3) is 0.588. The summed E-state index contributed by atoms with van der Waals surface area (Å²) in [7, 11) is 0. The predicted octanol–water partition coefficient (Wildman–Crippen LogP) is 3.48. The first-order valence-corrected chi connectivity index (χ1v) is 8.88. The Balaban J connectivity index is 1.80. The van der Waals surface area contributed by atoms with E-state index in [1.54, 1.807) is 13.8 Å². The van der Waals surface area contributed by atoms with E-state index in [-0.39, 0.29) is 18.4 Å². The van der Waals surface area contributed by atoms with Crippen molar-refractivity contribution in [2.24, 2.45) is 17.8 Å². The fourth-order valence-electron chi connectivity index (χ4n) is 3.90. The predicted molar refractivity (Wildman–Crippen MR) is 87.3 cm³/mol. The van der Waals surface area contributed by atoms with E-state index in [2.05, 4.69) is 11.4 Å². The molecule has 0 radical (unpaired) electrons. The Morgan fingerprint density at radius 2 is 2.17 bits per heavy atom. The average Bonchev–Trinajstić information content (AvgIpc) is 3.22. The van der Waals surface area contributed by atoms with Crippen LogP contribution in [0, 0.1) is 36.0 Å². The molecule has 6 heteroatoms. The Labute approximate surface area is 139 Å². The summed E-state index contributed by atoms with van der Waals surface area (Å²) in [6.45, 7) is 3.74. The molecule has 3 atom stereocenters. The topological polar surface area (TPSA) is 79.2 Å². The number of ether oxygens (including phenoxy) is 1. The molecular formula is C17H20N2O3S. The zero-order chi connectivity index (χ0) is 16.6. The maximum atomic E-state index is 12.6. The number of nitrogens with one attached hydrogen (secondary N) is 1. The van der Waals surface area contributed by atoms with Crippen molar-refractivity contribution in [1.82, 2.24) is 0 Å². The lowest BCUT2D eigenvalue weighted by atomic mass is 9.88. The van der Waals surface area contributed by atoms with Crippen LogP contribution in [0.15, 0.2) is 0 Å². The molecule has 2 aliphatic carbocycles. The minimum atomic E-state index is -0.438. The quantitative estimate of drug-likeness (QED) is 0.856. The van der Waals surface area contributed by atoms with Crippen LogP contribution in [0.1, 0.15) is 53.4 Å². The lowest BCUT2D eigenvalue weighted by Gasteiger charge is -2.20. The van der Waals surface area contributed by atoms with Crippen molar-refractivity contribution in [3.05, 3.63) is 16.0 Å². The minimum absolute atomic E-state index is 0.00893. The number of nitriles is 1. The SMILES string of the molecule is CCOC(=O)c1sc(NC(=O)C2CC3CCC2C3)c(C#N)c1C. The largest absolute Gasteiger partial charge is 0.462 e. The molecule has 23 heavy (non-hydrogen) atoms. The highest BCUT2D eigenvalue weighted by Crippen LogP contribution is 2.48. The summed E-state index contributed by atoms with van der Waals surface area (Å²) in [6.07, 6.45) is 4.47. The van der Waals surface area contributed by atoms with E-state index in [9.17, 15) is 14.9 Å². The van der Waals surface area contributed by atoms with Crippen molar-refractivity contribution >= 4 is 28.2 Å². The van der Waals surface area contributed by atoms with Gasteiger partial charge in [0.25, 0.3) is 0 Å². The number of carbonyl (C=O) groups excluding carboxylic acids is 2. The molecule has 1 amide bonds. The van der Waals surface area contributed by atoms with Crippen molar-refractivity contribution in [3.63, 3.8) is 0 Å². The van der Waals surface area contributed by atoms with Gasteiger partial charge in [0.1, 0.15) is 15.9 Å². The monoisotopic (exact) mass is 332 g/mol. The number of carbonyl (C=O) groups is 2. The van der Waals surface area contributed by atoms with E-state index in [0.29, 0.717) is 32.8 Å². The van der Waals surface area contributed by atoms with Crippen LogP contribution in [-0.4, -0.2) is 18.5 Å². The van der Waals surface area contributed by atoms with E-state index in [1.165, 1.54) is 6.42 Å². The van der Waals surface area contributed by atoms with E-state index < -0.39 is 5.97 Å². The number of esters is 1. The zero-order valence-electron chi connectivity index (χ0n) is 13.3. The Morgan fingerprint density at radius 3 is 2.74 bits per heavy atom. The van der Waals surface area contributed by atoms with Crippen molar-refractivity contribution in [3.8, 4) is 6.07 Å². The van der Waals surface area contributed by atoms with Crippen LogP contribution in [0.25, 0.3) is 0 Å². The Hall–Kier alpha value is -1.87. The van der Waals surface area contributed by atoms with Crippen molar-refractivity contribution in [2.75, 3.05) is 11.9 Å². The molecule has 0 aromatic carbocycles. The summed E-state index contributed by atoms with van der Waals surface area (Å²) in [5.74, 6) is 0.772. The molecule has 2 saturated carbocycles. The van der Waals surface area contributed by atoms with Crippen molar-refractivity contribution in [2.45, 2.75) is 39.5 Å². The van der Waals surface area contributed by atoms with Gasteiger partial charge in [-0.25, -0.2) is 4.79 Å². The molecule has 2 aliphatic rings. The normalized spacial score (nSPS) is 25.2. The van der Waals surface area contributed by atoms with Crippen LogP contribution in [0.2, 0.25) is 0 Å². The first-order valence-electron chi connectivity index (χ1n) is 8.06. The number of thiophene rings is 1. The van der Waals surface area contributed by atoms with Crippen molar-refractivity contribution in [1.29, 1.82) is 5.26 Å². The van der Waals surface area contributed by atoms with Crippen molar-refractivity contribution < 1.29 is 14.3 Å². The maximum Gasteiger partial charge on any atom is 0.348 e. The van der Waals surface area contributed by atoms with Crippen LogP contribution in [0.4, 0.5) is 5.00 Å². The van der Waals surface area contributed by atoms with Gasteiger partial charge < -0.3 is 10.1 Å². The van der Waals surface area contributed by atoms with Crippen LogP contribution < -0.4 is 5.32 Å². The van der Waals surface area contributed by atoms with Gasteiger partial charge in [-0.15, -0.1) is 11.3 Å².